The van der Waals surface area contributed by atoms with E-state index in [1.807, 2.05) is 18.2 Å². The summed E-state index contributed by atoms with van der Waals surface area (Å²) < 4.78 is 0. The van der Waals surface area contributed by atoms with Crippen LogP contribution in [0.25, 0.3) is 0 Å². The molecule has 0 atom stereocenters. The maximum atomic E-state index is 12.9. The van der Waals surface area contributed by atoms with E-state index in [2.05, 4.69) is 15.6 Å². The zero-order valence-electron chi connectivity index (χ0n) is 18.4. The fourth-order valence-electron chi connectivity index (χ4n) is 6.22. The van der Waals surface area contributed by atoms with E-state index in [9.17, 15) is 14.4 Å². The number of rotatable bonds is 9. The van der Waals surface area contributed by atoms with Gasteiger partial charge in [-0.25, -0.2) is 0 Å². The fourth-order valence-corrected chi connectivity index (χ4v) is 6.22. The molecule has 5 rings (SSSR count). The van der Waals surface area contributed by atoms with Gasteiger partial charge in [-0.1, -0.05) is 6.07 Å². The Morgan fingerprint density at radius 1 is 1.06 bits per heavy atom. The first kappa shape index (κ1) is 21.8. The number of likely N-dealkylation sites (N-methyl/N-ethyl adjacent to an activating group) is 1. The summed E-state index contributed by atoms with van der Waals surface area (Å²) in [5, 5.41) is 5.69. The minimum atomic E-state index is -0.211. The van der Waals surface area contributed by atoms with Gasteiger partial charge in [0.2, 0.25) is 17.7 Å². The van der Waals surface area contributed by atoms with Gasteiger partial charge in [0.05, 0.1) is 6.54 Å². The van der Waals surface area contributed by atoms with Crippen molar-refractivity contribution in [3.63, 3.8) is 0 Å². The number of hydrogen-bond donors (Lipinski definition) is 2. The molecule has 0 aromatic carbocycles. The van der Waals surface area contributed by atoms with Crippen LogP contribution in [0.15, 0.2) is 24.4 Å². The van der Waals surface area contributed by atoms with Gasteiger partial charge in [0.15, 0.2) is 0 Å². The molecule has 0 spiro atoms. The average molecular weight is 427 g/mol. The lowest BCUT2D eigenvalue weighted by molar-refractivity contribution is -0.146. The van der Waals surface area contributed by atoms with E-state index in [4.69, 9.17) is 0 Å². The lowest BCUT2D eigenvalue weighted by Gasteiger charge is -2.55. The van der Waals surface area contributed by atoms with Crippen LogP contribution in [0, 0.1) is 23.2 Å². The number of nitrogens with one attached hydrogen (secondary N) is 2. The quantitative estimate of drug-likeness (QED) is 0.631. The summed E-state index contributed by atoms with van der Waals surface area (Å²) in [6.45, 7) is 0.851. The molecule has 7 nitrogen and oxygen atoms in total. The summed E-state index contributed by atoms with van der Waals surface area (Å²) >= 11 is 0. The van der Waals surface area contributed by atoms with Crippen molar-refractivity contribution in [3.8, 4) is 0 Å². The predicted octanol–water partition coefficient (Wildman–Crippen LogP) is 1.92. The number of hydrogen-bond acceptors (Lipinski definition) is 4. The van der Waals surface area contributed by atoms with Crippen LogP contribution in [-0.2, 0) is 20.8 Å². The molecule has 4 bridgehead atoms. The Morgan fingerprint density at radius 3 is 2.35 bits per heavy atom. The minimum absolute atomic E-state index is 0.0273. The van der Waals surface area contributed by atoms with Gasteiger partial charge in [-0.15, -0.1) is 0 Å². The van der Waals surface area contributed by atoms with Crippen molar-refractivity contribution >= 4 is 17.7 Å². The second-order valence-electron chi connectivity index (χ2n) is 9.87. The summed E-state index contributed by atoms with van der Waals surface area (Å²) in [7, 11) is 1.73. The van der Waals surface area contributed by atoms with Crippen LogP contribution in [-0.4, -0.2) is 54.3 Å². The van der Waals surface area contributed by atoms with Crippen molar-refractivity contribution < 1.29 is 14.4 Å². The molecule has 1 heterocycles. The molecule has 4 saturated carbocycles. The van der Waals surface area contributed by atoms with E-state index < -0.39 is 0 Å². The van der Waals surface area contributed by atoms with E-state index in [1.54, 1.807) is 18.1 Å². The highest BCUT2D eigenvalue weighted by molar-refractivity contribution is 5.86. The lowest BCUT2D eigenvalue weighted by Crippen LogP contribution is -2.53. The number of amides is 3. The predicted molar refractivity (Wildman–Crippen MR) is 117 cm³/mol. The summed E-state index contributed by atoms with van der Waals surface area (Å²) in [5.74, 6) is 1.96. The first-order valence-corrected chi connectivity index (χ1v) is 11.6. The molecule has 168 valence electrons. The highest BCUT2D eigenvalue weighted by atomic mass is 16.2. The third-order valence-corrected chi connectivity index (χ3v) is 7.45. The largest absolute Gasteiger partial charge is 0.355 e. The van der Waals surface area contributed by atoms with Crippen LogP contribution < -0.4 is 10.6 Å². The zero-order chi connectivity index (χ0) is 21.8. The summed E-state index contributed by atoms with van der Waals surface area (Å²) in [6, 6.07) is 5.71. The second kappa shape index (κ2) is 9.37. The molecule has 4 aliphatic rings. The fraction of sp³-hybridized carbons (Fsp3) is 0.667. The first-order chi connectivity index (χ1) is 14.9. The van der Waals surface area contributed by atoms with Crippen LogP contribution in [0.3, 0.4) is 0 Å². The molecule has 0 radical (unpaired) electrons. The summed E-state index contributed by atoms with van der Waals surface area (Å²) in [4.78, 5) is 43.1. The smallest absolute Gasteiger partial charge is 0.241 e. The van der Waals surface area contributed by atoms with Crippen molar-refractivity contribution in [2.45, 2.75) is 51.4 Å². The van der Waals surface area contributed by atoms with Crippen molar-refractivity contribution in [1.82, 2.24) is 20.5 Å². The number of nitrogens with zero attached hydrogens (tertiary/aromatic N) is 2. The Balaban J connectivity index is 1.13. The van der Waals surface area contributed by atoms with Crippen LogP contribution in [0.1, 0.15) is 50.6 Å². The number of aromatic nitrogens is 1. The van der Waals surface area contributed by atoms with Gasteiger partial charge in [-0.3, -0.25) is 19.4 Å². The normalized spacial score (nSPS) is 28.2. The van der Waals surface area contributed by atoms with Crippen LogP contribution in [0.4, 0.5) is 0 Å². The van der Waals surface area contributed by atoms with Crippen molar-refractivity contribution in [2.75, 3.05) is 26.7 Å². The van der Waals surface area contributed by atoms with Crippen LogP contribution >= 0.6 is 0 Å². The molecule has 0 unspecified atom stereocenters. The Kier molecular flexibility index (Phi) is 6.58. The number of carbonyl (C=O) groups excluding carboxylic acids is 3. The average Bonchev–Trinajstić information content (AvgIpc) is 2.75. The van der Waals surface area contributed by atoms with E-state index in [-0.39, 0.29) is 36.1 Å². The Morgan fingerprint density at radius 2 is 1.74 bits per heavy atom. The second-order valence-corrected chi connectivity index (χ2v) is 9.87. The van der Waals surface area contributed by atoms with Gasteiger partial charge in [0, 0.05) is 50.3 Å². The van der Waals surface area contributed by atoms with Gasteiger partial charge in [-0.05, 0) is 68.4 Å². The third kappa shape index (κ3) is 5.25. The van der Waals surface area contributed by atoms with E-state index in [1.165, 1.54) is 19.3 Å². The molecule has 4 aliphatic carbocycles. The Labute approximate surface area is 184 Å². The van der Waals surface area contributed by atoms with E-state index >= 15 is 0 Å². The molecule has 31 heavy (non-hydrogen) atoms. The van der Waals surface area contributed by atoms with E-state index in [0.717, 1.165) is 42.7 Å². The van der Waals surface area contributed by atoms with Crippen molar-refractivity contribution in [2.24, 2.45) is 23.2 Å². The molecule has 0 saturated heterocycles. The number of carbonyl (C=O) groups is 3. The Bertz CT molecular complexity index is 775. The maximum Gasteiger partial charge on any atom is 0.241 e. The standard InChI is InChI=1S/C24H34N4O3/c1-28(9-6-20-4-2-3-7-25-20)22(30)16-27-21(29)5-8-26-23(31)24-13-17-10-18(14-24)12-19(11-17)15-24/h2-4,7,17-19H,5-6,8-16H2,1H3,(H,26,31)(H,27,29). The Hall–Kier alpha value is -2.44. The van der Waals surface area contributed by atoms with Gasteiger partial charge in [0.25, 0.3) is 0 Å². The number of pyridine rings is 1. The molecule has 3 amide bonds. The van der Waals surface area contributed by atoms with Crippen LogP contribution in [0.5, 0.6) is 0 Å². The molecule has 4 fully saturated rings. The van der Waals surface area contributed by atoms with Gasteiger partial charge >= 0.3 is 0 Å². The van der Waals surface area contributed by atoms with Crippen LogP contribution in [0.2, 0.25) is 0 Å². The molecule has 2 N–H and O–H groups in total. The zero-order valence-corrected chi connectivity index (χ0v) is 18.4. The monoisotopic (exact) mass is 426 g/mol. The maximum absolute atomic E-state index is 12.9. The summed E-state index contributed by atoms with van der Waals surface area (Å²) in [6.07, 6.45) is 9.59. The molecule has 1 aromatic rings. The van der Waals surface area contributed by atoms with Gasteiger partial charge in [-0.2, -0.15) is 0 Å². The van der Waals surface area contributed by atoms with E-state index in [0.29, 0.717) is 19.5 Å². The molecule has 7 heteroatoms. The molecular formula is C24H34N4O3. The summed E-state index contributed by atoms with van der Waals surface area (Å²) in [5.41, 5.74) is 0.748. The minimum Gasteiger partial charge on any atom is -0.355 e. The van der Waals surface area contributed by atoms with Crippen molar-refractivity contribution in [1.29, 1.82) is 0 Å². The molecular weight excluding hydrogens is 392 g/mol. The van der Waals surface area contributed by atoms with Crippen molar-refractivity contribution in [3.05, 3.63) is 30.1 Å². The third-order valence-electron chi connectivity index (χ3n) is 7.45. The SMILES string of the molecule is CN(CCc1ccccn1)C(=O)CNC(=O)CCNC(=O)C12CC3CC(CC(C3)C1)C2. The molecule has 1 aromatic heterocycles. The first-order valence-electron chi connectivity index (χ1n) is 11.6. The van der Waals surface area contributed by atoms with Gasteiger partial charge in [0.1, 0.15) is 0 Å². The molecule has 0 aliphatic heterocycles. The van der Waals surface area contributed by atoms with Gasteiger partial charge < -0.3 is 15.5 Å². The topological polar surface area (TPSA) is 91.4 Å². The lowest BCUT2D eigenvalue weighted by atomic mass is 9.49. The highest BCUT2D eigenvalue weighted by Gasteiger charge is 2.54. The highest BCUT2D eigenvalue weighted by Crippen LogP contribution is 2.60.